The van der Waals surface area contributed by atoms with E-state index >= 15 is 0 Å². The number of allylic oxidation sites excluding steroid dienone is 1. The van der Waals surface area contributed by atoms with E-state index in [9.17, 15) is 0 Å². The minimum Gasteiger partial charge on any atom is -0.495 e. The van der Waals surface area contributed by atoms with E-state index in [0.29, 0.717) is 17.7 Å². The molecule has 0 amide bonds. The first kappa shape index (κ1) is 25.8. The van der Waals surface area contributed by atoms with E-state index in [0.717, 1.165) is 54.7 Å². The van der Waals surface area contributed by atoms with Gasteiger partial charge in [-0.2, -0.15) is 5.10 Å². The summed E-state index contributed by atoms with van der Waals surface area (Å²) in [4.78, 5) is 9.54. The molecule has 0 radical (unpaired) electrons. The van der Waals surface area contributed by atoms with Crippen LogP contribution in [0.4, 0.5) is 5.69 Å². The van der Waals surface area contributed by atoms with Gasteiger partial charge in [0, 0.05) is 43.1 Å². The zero-order valence-corrected chi connectivity index (χ0v) is 22.5. The summed E-state index contributed by atoms with van der Waals surface area (Å²) < 4.78 is 7.80. The second-order valence-corrected chi connectivity index (χ2v) is 10.2. The Kier molecular flexibility index (Phi) is 7.94. The second-order valence-electron chi connectivity index (χ2n) is 10.2. The van der Waals surface area contributed by atoms with Gasteiger partial charge in [-0.15, -0.1) is 0 Å². The molecule has 7 nitrogen and oxygen atoms in total. The number of hydrogen-bond donors (Lipinski definition) is 1. The molecule has 2 aliphatic heterocycles. The number of nitrogens with two attached hydrogens (primary N) is 1. The Labute approximate surface area is 225 Å². The van der Waals surface area contributed by atoms with Crippen LogP contribution >= 0.6 is 0 Å². The van der Waals surface area contributed by atoms with Crippen molar-refractivity contribution in [1.29, 1.82) is 0 Å². The van der Waals surface area contributed by atoms with Crippen LogP contribution < -0.4 is 15.4 Å². The van der Waals surface area contributed by atoms with Gasteiger partial charge in [0.05, 0.1) is 12.8 Å². The maximum Gasteiger partial charge on any atom is 0.174 e. The van der Waals surface area contributed by atoms with Crippen LogP contribution in [0.5, 0.6) is 5.75 Å². The van der Waals surface area contributed by atoms with Crippen molar-refractivity contribution in [1.82, 2.24) is 19.7 Å². The third-order valence-corrected chi connectivity index (χ3v) is 7.49. The van der Waals surface area contributed by atoms with E-state index < -0.39 is 0 Å². The Morgan fingerprint density at radius 1 is 1.13 bits per heavy atom. The lowest BCUT2D eigenvalue weighted by molar-refractivity contribution is 0.191. The first-order valence-electron chi connectivity index (χ1n) is 13.5. The lowest BCUT2D eigenvalue weighted by atomic mass is 9.89. The average molecular weight is 511 g/mol. The van der Waals surface area contributed by atoms with Crippen LogP contribution in [-0.2, 0) is 13.1 Å². The number of hydrogen-bond acceptors (Lipinski definition) is 6. The molecular formula is C31H38N6O. The van der Waals surface area contributed by atoms with E-state index in [1.807, 2.05) is 48.4 Å². The van der Waals surface area contributed by atoms with E-state index in [4.69, 9.17) is 20.6 Å². The number of rotatable bonds is 9. The van der Waals surface area contributed by atoms with Gasteiger partial charge >= 0.3 is 0 Å². The van der Waals surface area contributed by atoms with Gasteiger partial charge in [-0.05, 0) is 68.5 Å². The minimum atomic E-state index is 0.424. The molecule has 1 fully saturated rings. The number of ether oxygens (including phenoxy) is 1. The number of aryl methyl sites for hydroxylation is 1. The molecule has 3 aromatic rings. The molecule has 0 spiro atoms. The van der Waals surface area contributed by atoms with Crippen LogP contribution in [0.15, 0.2) is 73.2 Å². The molecule has 5 rings (SSSR count). The summed E-state index contributed by atoms with van der Waals surface area (Å²) in [7, 11) is 1.67. The highest BCUT2D eigenvalue weighted by atomic mass is 16.5. The number of nitrogens with zero attached hydrogens (tertiary/aromatic N) is 5. The van der Waals surface area contributed by atoms with Gasteiger partial charge in [0.15, 0.2) is 5.82 Å². The van der Waals surface area contributed by atoms with Crippen molar-refractivity contribution in [3.63, 3.8) is 0 Å². The van der Waals surface area contributed by atoms with Gasteiger partial charge in [-0.1, -0.05) is 49.1 Å². The van der Waals surface area contributed by atoms with Crippen LogP contribution in [0.1, 0.15) is 61.3 Å². The second kappa shape index (κ2) is 11.7. The zero-order chi connectivity index (χ0) is 26.5. The van der Waals surface area contributed by atoms with E-state index in [-0.39, 0.29) is 0 Å². The van der Waals surface area contributed by atoms with Gasteiger partial charge in [0.2, 0.25) is 0 Å². The third kappa shape index (κ3) is 5.68. The van der Waals surface area contributed by atoms with Crippen molar-refractivity contribution in [2.75, 3.05) is 18.6 Å². The number of likely N-dealkylation sites (tertiary alicyclic amines) is 1. The monoisotopic (exact) mass is 510 g/mol. The standard InChI is InChI=1S/C31H38N6O/c1-4-35(21-23(2)32)28-16-14-24(20-29(28)38-3)15-17-30-33-31-26(12-8-19-37(31)34-30)27-13-9-18-36(27)22-25-10-6-5-7-11-25/h4-7,10-11,14-17,20-21,26-27H,1,8-9,12-13,18-19,22,32H2,2-3H3/b17-15+,23-21-/t26-,27-/m0/s1. The Morgan fingerprint density at radius 3 is 2.71 bits per heavy atom. The molecule has 0 bridgehead atoms. The Bertz CT molecular complexity index is 1310. The molecule has 7 heteroatoms. The fraction of sp³-hybridized carbons (Fsp3) is 0.355. The lowest BCUT2D eigenvalue weighted by Gasteiger charge is -2.33. The van der Waals surface area contributed by atoms with Crippen LogP contribution in [-0.4, -0.2) is 39.4 Å². The van der Waals surface area contributed by atoms with Crippen molar-refractivity contribution in [3.05, 3.63) is 96.0 Å². The number of aromatic nitrogens is 3. The summed E-state index contributed by atoms with van der Waals surface area (Å²) in [6, 6.07) is 17.4. The quantitative estimate of drug-likeness (QED) is 0.394. The Morgan fingerprint density at radius 2 is 1.95 bits per heavy atom. The highest BCUT2D eigenvalue weighted by Crippen LogP contribution is 2.37. The molecule has 0 aliphatic carbocycles. The smallest absolute Gasteiger partial charge is 0.174 e. The zero-order valence-electron chi connectivity index (χ0n) is 22.5. The molecule has 198 valence electrons. The fourth-order valence-corrected chi connectivity index (χ4v) is 5.78. The third-order valence-electron chi connectivity index (χ3n) is 7.49. The van der Waals surface area contributed by atoms with Gasteiger partial charge in [-0.3, -0.25) is 4.90 Å². The minimum absolute atomic E-state index is 0.424. The molecule has 0 saturated carbocycles. The maximum atomic E-state index is 5.87. The summed E-state index contributed by atoms with van der Waals surface area (Å²) >= 11 is 0. The normalized spacial score (nSPS) is 20.0. The summed E-state index contributed by atoms with van der Waals surface area (Å²) in [5.74, 6) is 3.06. The largest absolute Gasteiger partial charge is 0.495 e. The van der Waals surface area contributed by atoms with Gasteiger partial charge in [0.25, 0.3) is 0 Å². The van der Waals surface area contributed by atoms with Crippen molar-refractivity contribution in [2.24, 2.45) is 5.73 Å². The molecule has 1 saturated heterocycles. The van der Waals surface area contributed by atoms with E-state index in [1.54, 1.807) is 13.3 Å². The molecule has 2 atom stereocenters. The van der Waals surface area contributed by atoms with Crippen molar-refractivity contribution in [2.45, 2.75) is 57.7 Å². The van der Waals surface area contributed by atoms with E-state index in [2.05, 4.69) is 46.5 Å². The highest BCUT2D eigenvalue weighted by Gasteiger charge is 2.37. The predicted molar refractivity (Wildman–Crippen MR) is 154 cm³/mol. The molecule has 2 aliphatic rings. The fourth-order valence-electron chi connectivity index (χ4n) is 5.78. The van der Waals surface area contributed by atoms with Gasteiger partial charge in [-0.25, -0.2) is 9.67 Å². The highest BCUT2D eigenvalue weighted by molar-refractivity contribution is 5.72. The molecule has 2 N–H and O–H groups in total. The lowest BCUT2D eigenvalue weighted by Crippen LogP contribution is -2.37. The Balaban J connectivity index is 1.34. The number of anilines is 1. The van der Waals surface area contributed by atoms with Crippen molar-refractivity contribution in [3.8, 4) is 5.75 Å². The van der Waals surface area contributed by atoms with Gasteiger partial charge < -0.3 is 15.4 Å². The molecule has 38 heavy (non-hydrogen) atoms. The number of methoxy groups -OCH3 is 1. The average Bonchev–Trinajstić information content (AvgIpc) is 3.57. The van der Waals surface area contributed by atoms with Gasteiger partial charge in [0.1, 0.15) is 11.6 Å². The molecular weight excluding hydrogens is 472 g/mol. The van der Waals surface area contributed by atoms with Crippen molar-refractivity contribution >= 4 is 17.8 Å². The predicted octanol–water partition coefficient (Wildman–Crippen LogP) is 5.77. The summed E-state index contributed by atoms with van der Waals surface area (Å²) in [5, 5.41) is 4.86. The summed E-state index contributed by atoms with van der Waals surface area (Å²) in [5.41, 5.74) is 9.83. The van der Waals surface area contributed by atoms with Crippen LogP contribution in [0.25, 0.3) is 12.2 Å². The van der Waals surface area contributed by atoms with E-state index in [1.165, 1.54) is 24.8 Å². The topological polar surface area (TPSA) is 72.4 Å². The first-order valence-corrected chi connectivity index (χ1v) is 13.5. The van der Waals surface area contributed by atoms with Crippen molar-refractivity contribution < 1.29 is 4.74 Å². The number of fused-ring (bicyclic) bond motifs is 1. The molecule has 0 unspecified atom stereocenters. The molecule has 1 aromatic heterocycles. The maximum absolute atomic E-state index is 5.87. The molecule has 2 aromatic carbocycles. The first-order chi connectivity index (χ1) is 18.6. The SMILES string of the molecule is C=CN(/C=C(/C)N)c1ccc(/C=C/c2nc3n(n2)CCC[C@H]3[C@@H]2CCCN2Cc2ccccc2)cc1OC. The van der Waals surface area contributed by atoms with Crippen LogP contribution in [0.3, 0.4) is 0 Å². The molecule has 3 heterocycles. The summed E-state index contributed by atoms with van der Waals surface area (Å²) in [6.07, 6.45) is 12.4. The summed E-state index contributed by atoms with van der Waals surface area (Å²) in [6.45, 7) is 8.83. The number of benzene rings is 2. The van der Waals surface area contributed by atoms with Crippen LogP contribution in [0.2, 0.25) is 0 Å². The Hall–Kier alpha value is -3.84. The van der Waals surface area contributed by atoms with Crippen LogP contribution in [0, 0.1) is 0 Å².